The summed E-state index contributed by atoms with van der Waals surface area (Å²) in [4.78, 5) is 0. The molecule has 2 heteroatoms. The van der Waals surface area contributed by atoms with Gasteiger partial charge in [-0.1, -0.05) is 86.8 Å². The smallest absolute Gasteiger partial charge is 0.159 e. The van der Waals surface area contributed by atoms with Crippen molar-refractivity contribution in [3.8, 4) is 22.3 Å². The van der Waals surface area contributed by atoms with E-state index in [1.807, 2.05) is 24.3 Å². The summed E-state index contributed by atoms with van der Waals surface area (Å²) < 4.78 is 26.7. The third-order valence-electron chi connectivity index (χ3n) is 5.69. The Morgan fingerprint density at radius 1 is 0.533 bits per heavy atom. The number of hydrogen-bond donors (Lipinski definition) is 0. The topological polar surface area (TPSA) is 0 Å². The predicted molar refractivity (Wildman–Crippen MR) is 123 cm³/mol. The van der Waals surface area contributed by atoms with E-state index in [-0.39, 0.29) is 0 Å². The molecule has 0 spiro atoms. The van der Waals surface area contributed by atoms with Gasteiger partial charge in [-0.2, -0.15) is 0 Å². The van der Waals surface area contributed by atoms with Crippen LogP contribution in [-0.4, -0.2) is 0 Å². The van der Waals surface area contributed by atoms with Gasteiger partial charge in [-0.05, 0) is 69.6 Å². The molecule has 0 unspecified atom stereocenters. The minimum Gasteiger partial charge on any atom is -0.204 e. The van der Waals surface area contributed by atoms with Gasteiger partial charge < -0.3 is 0 Å². The first-order chi connectivity index (χ1) is 14.6. The summed E-state index contributed by atoms with van der Waals surface area (Å²) in [6.45, 7) is 2.24. The van der Waals surface area contributed by atoms with Gasteiger partial charge >= 0.3 is 0 Å². The number of hydrogen-bond acceptors (Lipinski definition) is 0. The van der Waals surface area contributed by atoms with Gasteiger partial charge in [0.1, 0.15) is 0 Å². The van der Waals surface area contributed by atoms with Crippen LogP contribution >= 0.6 is 0 Å². The van der Waals surface area contributed by atoms with Crippen LogP contribution in [0.4, 0.5) is 8.78 Å². The molecule has 0 N–H and O–H groups in total. The largest absolute Gasteiger partial charge is 0.204 e. The van der Waals surface area contributed by atoms with Gasteiger partial charge in [0.15, 0.2) is 11.6 Å². The van der Waals surface area contributed by atoms with Crippen molar-refractivity contribution in [2.24, 2.45) is 0 Å². The monoisotopic (exact) mass is 400 g/mol. The zero-order chi connectivity index (χ0) is 20.9. The van der Waals surface area contributed by atoms with E-state index >= 15 is 0 Å². The Morgan fingerprint density at radius 3 is 1.83 bits per heavy atom. The predicted octanol–water partition coefficient (Wildman–Crippen LogP) is 8.57. The Hall–Kier alpha value is -3.00. The molecular weight excluding hydrogens is 374 g/mol. The number of fused-ring (bicyclic) bond motifs is 1. The second-order valence-corrected chi connectivity index (χ2v) is 7.91. The molecule has 0 aliphatic carbocycles. The van der Waals surface area contributed by atoms with Crippen LogP contribution in [0.15, 0.2) is 78.9 Å². The highest BCUT2D eigenvalue weighted by Crippen LogP contribution is 2.28. The van der Waals surface area contributed by atoms with E-state index in [0.29, 0.717) is 5.56 Å². The van der Waals surface area contributed by atoms with Crippen LogP contribution in [0.1, 0.15) is 38.2 Å². The lowest BCUT2D eigenvalue weighted by Crippen LogP contribution is -1.87. The Kier molecular flexibility index (Phi) is 6.23. The molecule has 0 heterocycles. The minimum atomic E-state index is -0.823. The van der Waals surface area contributed by atoms with Crippen molar-refractivity contribution in [2.75, 3.05) is 0 Å². The van der Waals surface area contributed by atoms with Crippen LogP contribution in [0.3, 0.4) is 0 Å². The second-order valence-electron chi connectivity index (χ2n) is 7.91. The summed E-state index contributed by atoms with van der Waals surface area (Å²) in [5.41, 5.74) is 5.20. The average molecular weight is 401 g/mol. The molecule has 0 aliphatic heterocycles. The molecular formula is C28H26F2. The lowest BCUT2D eigenvalue weighted by molar-refractivity contribution is 0.509. The molecule has 0 nitrogen and oxygen atoms in total. The van der Waals surface area contributed by atoms with Crippen LogP contribution in [0.2, 0.25) is 0 Å². The zero-order valence-corrected chi connectivity index (χ0v) is 17.3. The van der Waals surface area contributed by atoms with Gasteiger partial charge in [0.05, 0.1) is 0 Å². The first-order valence-electron chi connectivity index (χ1n) is 10.7. The van der Waals surface area contributed by atoms with E-state index in [1.54, 1.807) is 6.07 Å². The highest BCUT2D eigenvalue weighted by molar-refractivity contribution is 5.88. The van der Waals surface area contributed by atoms with E-state index in [9.17, 15) is 8.78 Å². The number of unbranched alkanes of at least 4 members (excludes halogenated alkanes) is 3. The molecule has 0 saturated heterocycles. The first-order valence-corrected chi connectivity index (χ1v) is 10.7. The molecule has 4 rings (SSSR count). The van der Waals surface area contributed by atoms with Crippen molar-refractivity contribution in [2.45, 2.75) is 39.0 Å². The number of benzene rings is 4. The van der Waals surface area contributed by atoms with Crippen molar-refractivity contribution >= 4 is 10.8 Å². The molecule has 0 fully saturated rings. The fourth-order valence-electron chi connectivity index (χ4n) is 3.92. The lowest BCUT2D eigenvalue weighted by atomic mass is 9.97. The summed E-state index contributed by atoms with van der Waals surface area (Å²) in [5, 5.41) is 2.50. The highest BCUT2D eigenvalue weighted by Gasteiger charge is 2.06. The van der Waals surface area contributed by atoms with Crippen molar-refractivity contribution < 1.29 is 8.78 Å². The standard InChI is InChI=1S/C28H26F2/c1-2-3-4-5-6-20-7-8-25-18-24(14-13-23(25)17-20)21-9-11-22(12-10-21)26-15-16-27(29)28(30)19-26/h7-19H,2-6H2,1H3. The second kappa shape index (κ2) is 9.21. The average Bonchev–Trinajstić information content (AvgIpc) is 2.78. The van der Waals surface area contributed by atoms with Gasteiger partial charge in [0, 0.05) is 0 Å². The first kappa shape index (κ1) is 20.3. The van der Waals surface area contributed by atoms with Gasteiger partial charge in [-0.3, -0.25) is 0 Å². The fourth-order valence-corrected chi connectivity index (χ4v) is 3.92. The summed E-state index contributed by atoms with van der Waals surface area (Å²) in [5.74, 6) is -1.65. The Labute approximate surface area is 177 Å². The highest BCUT2D eigenvalue weighted by atomic mass is 19.2. The molecule has 30 heavy (non-hydrogen) atoms. The van der Waals surface area contributed by atoms with Gasteiger partial charge in [0.2, 0.25) is 0 Å². The van der Waals surface area contributed by atoms with Gasteiger partial charge in [-0.25, -0.2) is 8.78 Å². The molecule has 0 saturated carbocycles. The lowest BCUT2D eigenvalue weighted by Gasteiger charge is -2.08. The molecule has 4 aromatic rings. The maximum Gasteiger partial charge on any atom is 0.159 e. The number of rotatable bonds is 7. The van der Waals surface area contributed by atoms with E-state index < -0.39 is 11.6 Å². The molecule has 0 aliphatic rings. The Bertz CT molecular complexity index is 1140. The molecule has 0 bridgehead atoms. The molecule has 0 aromatic heterocycles. The van der Waals surface area contributed by atoms with Crippen molar-refractivity contribution in [3.05, 3.63) is 96.1 Å². The van der Waals surface area contributed by atoms with Crippen LogP contribution in [0, 0.1) is 11.6 Å². The molecule has 152 valence electrons. The van der Waals surface area contributed by atoms with Crippen LogP contribution in [-0.2, 0) is 6.42 Å². The summed E-state index contributed by atoms with van der Waals surface area (Å²) in [6.07, 6.45) is 6.27. The summed E-state index contributed by atoms with van der Waals surface area (Å²) >= 11 is 0. The SMILES string of the molecule is CCCCCCc1ccc2cc(-c3ccc(-c4ccc(F)c(F)c4)cc3)ccc2c1. The summed E-state index contributed by atoms with van der Waals surface area (Å²) in [7, 11) is 0. The van der Waals surface area contributed by atoms with Crippen molar-refractivity contribution in [1.29, 1.82) is 0 Å². The molecule has 0 atom stereocenters. The summed E-state index contributed by atoms with van der Waals surface area (Å²) in [6, 6.07) is 25.3. The molecule has 0 radical (unpaired) electrons. The zero-order valence-electron chi connectivity index (χ0n) is 17.3. The number of aryl methyl sites for hydroxylation is 1. The van der Waals surface area contributed by atoms with Crippen LogP contribution < -0.4 is 0 Å². The quantitative estimate of drug-likeness (QED) is 0.273. The minimum absolute atomic E-state index is 0.672. The third kappa shape index (κ3) is 4.59. The maximum atomic E-state index is 13.5. The van der Waals surface area contributed by atoms with Crippen LogP contribution in [0.25, 0.3) is 33.0 Å². The van der Waals surface area contributed by atoms with Crippen LogP contribution in [0.5, 0.6) is 0 Å². The Morgan fingerprint density at radius 2 is 1.13 bits per heavy atom. The van der Waals surface area contributed by atoms with Crippen molar-refractivity contribution in [3.63, 3.8) is 0 Å². The third-order valence-corrected chi connectivity index (χ3v) is 5.69. The Balaban J connectivity index is 1.53. The van der Waals surface area contributed by atoms with Crippen molar-refractivity contribution in [1.82, 2.24) is 0 Å². The molecule has 0 amide bonds. The normalized spacial score (nSPS) is 11.2. The maximum absolute atomic E-state index is 13.5. The van der Waals surface area contributed by atoms with E-state index in [2.05, 4.69) is 43.3 Å². The van der Waals surface area contributed by atoms with Gasteiger partial charge in [-0.15, -0.1) is 0 Å². The molecule has 4 aromatic carbocycles. The number of halogens is 2. The van der Waals surface area contributed by atoms with E-state index in [0.717, 1.165) is 23.1 Å². The fraction of sp³-hybridized carbons (Fsp3) is 0.214. The van der Waals surface area contributed by atoms with Gasteiger partial charge in [0.25, 0.3) is 0 Å². The van der Waals surface area contributed by atoms with E-state index in [4.69, 9.17) is 0 Å². The van der Waals surface area contributed by atoms with E-state index in [1.165, 1.54) is 54.2 Å².